The van der Waals surface area contributed by atoms with Crippen molar-refractivity contribution in [2.75, 3.05) is 20.5 Å². The van der Waals surface area contributed by atoms with Crippen molar-refractivity contribution in [2.45, 2.75) is 25.4 Å². The molecule has 0 aliphatic rings. The summed E-state index contributed by atoms with van der Waals surface area (Å²) in [6, 6.07) is 9.74. The second kappa shape index (κ2) is 8.28. The lowest BCUT2D eigenvalue weighted by Crippen LogP contribution is -2.01. The van der Waals surface area contributed by atoms with Crippen LogP contribution in [0.5, 0.6) is 0 Å². The molecule has 3 heteroatoms. The van der Waals surface area contributed by atoms with Gasteiger partial charge in [0.2, 0.25) is 0 Å². The minimum atomic E-state index is -0.358. The van der Waals surface area contributed by atoms with Crippen molar-refractivity contribution < 1.29 is 14.6 Å². The Morgan fingerprint density at radius 3 is 2.62 bits per heavy atom. The molecule has 0 bridgehead atoms. The Kier molecular flexibility index (Phi) is 6.81. The van der Waals surface area contributed by atoms with Crippen molar-refractivity contribution in [2.24, 2.45) is 0 Å². The molecular weight excluding hydrogens is 204 g/mol. The Hall–Kier alpha value is -0.900. The largest absolute Gasteiger partial charge is 0.388 e. The molecule has 0 heterocycles. The third kappa shape index (κ3) is 5.26. The van der Waals surface area contributed by atoms with E-state index in [4.69, 9.17) is 9.47 Å². The maximum atomic E-state index is 9.86. The van der Waals surface area contributed by atoms with Crippen molar-refractivity contribution in [3.05, 3.63) is 35.9 Å². The van der Waals surface area contributed by atoms with E-state index >= 15 is 0 Å². The number of rotatable bonds is 8. The number of hydrogen-bond acceptors (Lipinski definition) is 3. The highest BCUT2D eigenvalue weighted by atomic mass is 16.7. The summed E-state index contributed by atoms with van der Waals surface area (Å²) in [7, 11) is 1.61. The van der Waals surface area contributed by atoms with Gasteiger partial charge in [0.1, 0.15) is 6.79 Å². The topological polar surface area (TPSA) is 38.7 Å². The van der Waals surface area contributed by atoms with Crippen LogP contribution in [0.1, 0.15) is 30.9 Å². The van der Waals surface area contributed by atoms with Gasteiger partial charge in [0.15, 0.2) is 0 Å². The Morgan fingerprint density at radius 2 is 1.94 bits per heavy atom. The van der Waals surface area contributed by atoms with Crippen LogP contribution in [-0.4, -0.2) is 25.6 Å². The maximum Gasteiger partial charge on any atom is 0.146 e. The quantitative estimate of drug-likeness (QED) is 0.544. The van der Waals surface area contributed by atoms with Gasteiger partial charge >= 0.3 is 0 Å². The van der Waals surface area contributed by atoms with Crippen molar-refractivity contribution in [1.29, 1.82) is 0 Å². The number of aliphatic hydroxyl groups excluding tert-OH is 1. The number of benzene rings is 1. The summed E-state index contributed by atoms with van der Waals surface area (Å²) in [5.74, 6) is 0. The second-order valence-electron chi connectivity index (χ2n) is 3.74. The molecule has 0 aliphatic heterocycles. The van der Waals surface area contributed by atoms with Gasteiger partial charge in [-0.05, 0) is 24.8 Å². The zero-order chi connectivity index (χ0) is 11.6. The van der Waals surface area contributed by atoms with E-state index in [-0.39, 0.29) is 6.10 Å². The summed E-state index contributed by atoms with van der Waals surface area (Å²) in [4.78, 5) is 0. The summed E-state index contributed by atoms with van der Waals surface area (Å²) in [6.07, 6.45) is 2.33. The molecule has 1 unspecified atom stereocenters. The lowest BCUT2D eigenvalue weighted by Gasteiger charge is -2.10. The molecule has 0 fully saturated rings. The van der Waals surface area contributed by atoms with E-state index in [0.29, 0.717) is 13.4 Å². The van der Waals surface area contributed by atoms with Gasteiger partial charge in [-0.25, -0.2) is 0 Å². The predicted molar refractivity (Wildman–Crippen MR) is 63.1 cm³/mol. The highest BCUT2D eigenvalue weighted by Gasteiger charge is 2.05. The molecule has 16 heavy (non-hydrogen) atoms. The minimum Gasteiger partial charge on any atom is -0.388 e. The summed E-state index contributed by atoms with van der Waals surface area (Å²) < 4.78 is 9.93. The molecule has 1 N–H and O–H groups in total. The normalized spacial score (nSPS) is 12.6. The molecule has 1 aromatic carbocycles. The van der Waals surface area contributed by atoms with Gasteiger partial charge in [0, 0.05) is 13.7 Å². The molecule has 0 spiro atoms. The fraction of sp³-hybridized carbons (Fsp3) is 0.538. The van der Waals surface area contributed by atoms with Crippen LogP contribution < -0.4 is 0 Å². The van der Waals surface area contributed by atoms with Crippen LogP contribution >= 0.6 is 0 Å². The summed E-state index contributed by atoms with van der Waals surface area (Å²) >= 11 is 0. The summed E-state index contributed by atoms with van der Waals surface area (Å²) in [5.41, 5.74) is 0.986. The van der Waals surface area contributed by atoms with Crippen LogP contribution in [0.3, 0.4) is 0 Å². The third-order valence-electron chi connectivity index (χ3n) is 2.40. The van der Waals surface area contributed by atoms with E-state index < -0.39 is 0 Å². The van der Waals surface area contributed by atoms with E-state index in [1.807, 2.05) is 30.3 Å². The highest BCUT2D eigenvalue weighted by molar-refractivity contribution is 5.16. The molecular formula is C13H20O3. The number of hydrogen-bond donors (Lipinski definition) is 1. The summed E-state index contributed by atoms with van der Waals surface area (Å²) in [5, 5.41) is 9.86. The second-order valence-corrected chi connectivity index (χ2v) is 3.74. The summed E-state index contributed by atoms with van der Waals surface area (Å²) in [6.45, 7) is 1.04. The molecule has 0 radical (unpaired) electrons. The Morgan fingerprint density at radius 1 is 1.19 bits per heavy atom. The number of unbranched alkanes of at least 4 members (excludes halogenated alkanes) is 1. The lowest BCUT2D eigenvalue weighted by atomic mass is 10.0. The fourth-order valence-electron chi connectivity index (χ4n) is 1.53. The molecule has 1 atom stereocenters. The average Bonchev–Trinajstić information content (AvgIpc) is 2.34. The van der Waals surface area contributed by atoms with Crippen LogP contribution in [0.15, 0.2) is 30.3 Å². The van der Waals surface area contributed by atoms with Crippen molar-refractivity contribution >= 4 is 0 Å². The van der Waals surface area contributed by atoms with E-state index in [2.05, 4.69) is 0 Å². The molecule has 0 aliphatic carbocycles. The first kappa shape index (κ1) is 13.2. The highest BCUT2D eigenvalue weighted by Crippen LogP contribution is 2.18. The SMILES string of the molecule is COCOCCCCC(O)c1ccccc1. The van der Waals surface area contributed by atoms with Crippen LogP contribution in [0.2, 0.25) is 0 Å². The van der Waals surface area contributed by atoms with Crippen LogP contribution in [-0.2, 0) is 9.47 Å². The van der Waals surface area contributed by atoms with Gasteiger partial charge in [-0.3, -0.25) is 0 Å². The number of methoxy groups -OCH3 is 1. The zero-order valence-corrected chi connectivity index (χ0v) is 9.76. The number of ether oxygens (including phenoxy) is 2. The van der Waals surface area contributed by atoms with Crippen LogP contribution in [0, 0.1) is 0 Å². The van der Waals surface area contributed by atoms with Crippen LogP contribution in [0.25, 0.3) is 0 Å². The Balaban J connectivity index is 2.09. The molecule has 0 aromatic heterocycles. The first-order valence-corrected chi connectivity index (χ1v) is 5.64. The van der Waals surface area contributed by atoms with E-state index in [0.717, 1.165) is 24.8 Å². The Bertz CT molecular complexity index is 261. The van der Waals surface area contributed by atoms with E-state index in [1.165, 1.54) is 0 Å². The van der Waals surface area contributed by atoms with Gasteiger partial charge in [0.05, 0.1) is 6.10 Å². The fourth-order valence-corrected chi connectivity index (χ4v) is 1.53. The molecule has 90 valence electrons. The monoisotopic (exact) mass is 224 g/mol. The van der Waals surface area contributed by atoms with Crippen molar-refractivity contribution in [3.63, 3.8) is 0 Å². The molecule has 0 saturated heterocycles. The zero-order valence-electron chi connectivity index (χ0n) is 9.76. The van der Waals surface area contributed by atoms with Gasteiger partial charge in [-0.2, -0.15) is 0 Å². The minimum absolute atomic E-state index is 0.348. The first-order valence-electron chi connectivity index (χ1n) is 5.64. The standard InChI is InChI=1S/C13H20O3/c1-15-11-16-10-6-5-9-13(14)12-7-3-2-4-8-12/h2-4,7-8,13-14H,5-6,9-11H2,1H3. The van der Waals surface area contributed by atoms with Gasteiger partial charge < -0.3 is 14.6 Å². The van der Waals surface area contributed by atoms with Crippen LogP contribution in [0.4, 0.5) is 0 Å². The van der Waals surface area contributed by atoms with Crippen molar-refractivity contribution in [3.8, 4) is 0 Å². The molecule has 0 saturated carbocycles. The van der Waals surface area contributed by atoms with E-state index in [9.17, 15) is 5.11 Å². The maximum absolute atomic E-state index is 9.86. The van der Waals surface area contributed by atoms with Gasteiger partial charge in [-0.15, -0.1) is 0 Å². The lowest BCUT2D eigenvalue weighted by molar-refractivity contribution is -0.0320. The average molecular weight is 224 g/mol. The Labute approximate surface area is 97.0 Å². The first-order chi connectivity index (χ1) is 7.84. The molecule has 3 nitrogen and oxygen atoms in total. The smallest absolute Gasteiger partial charge is 0.146 e. The van der Waals surface area contributed by atoms with E-state index in [1.54, 1.807) is 7.11 Å². The molecule has 1 aromatic rings. The van der Waals surface area contributed by atoms with Crippen molar-refractivity contribution in [1.82, 2.24) is 0 Å². The molecule has 0 amide bonds. The number of aliphatic hydroxyl groups is 1. The predicted octanol–water partition coefficient (Wildman–Crippen LogP) is 2.51. The third-order valence-corrected chi connectivity index (χ3v) is 2.40. The molecule has 1 rings (SSSR count). The van der Waals surface area contributed by atoms with Gasteiger partial charge in [0.25, 0.3) is 0 Å². The van der Waals surface area contributed by atoms with Gasteiger partial charge in [-0.1, -0.05) is 30.3 Å².